The molecule has 3 rings (SSSR count). The SMILES string of the molecule is CCc1noc(CSc2n[nH]c(-c3ccccc3Br)n2)n1. The second-order valence-corrected chi connectivity index (χ2v) is 5.99. The molecule has 0 aliphatic carbocycles. The van der Waals surface area contributed by atoms with Crippen LogP contribution in [0.4, 0.5) is 0 Å². The third-order valence-electron chi connectivity index (χ3n) is 2.74. The number of nitrogens with zero attached hydrogens (tertiary/aromatic N) is 4. The van der Waals surface area contributed by atoms with Crippen LogP contribution in [-0.2, 0) is 12.2 Å². The molecule has 0 aliphatic rings. The quantitative estimate of drug-likeness (QED) is 0.697. The molecule has 1 N–H and O–H groups in total. The monoisotopic (exact) mass is 365 g/mol. The van der Waals surface area contributed by atoms with Gasteiger partial charge in [-0.15, -0.1) is 5.10 Å². The topological polar surface area (TPSA) is 80.5 Å². The Bertz CT molecular complexity index is 742. The first-order valence-corrected chi connectivity index (χ1v) is 8.15. The minimum Gasteiger partial charge on any atom is -0.338 e. The minimum absolute atomic E-state index is 0.556. The first-order valence-electron chi connectivity index (χ1n) is 6.38. The molecule has 108 valence electrons. The Kier molecular flexibility index (Phi) is 4.35. The number of hydrogen-bond acceptors (Lipinski definition) is 6. The summed E-state index contributed by atoms with van der Waals surface area (Å²) in [4.78, 5) is 8.71. The zero-order valence-corrected chi connectivity index (χ0v) is 13.6. The molecule has 0 atom stereocenters. The van der Waals surface area contributed by atoms with Crippen LogP contribution in [0.3, 0.4) is 0 Å². The maximum atomic E-state index is 5.13. The first-order chi connectivity index (χ1) is 10.3. The van der Waals surface area contributed by atoms with E-state index in [1.54, 1.807) is 0 Å². The van der Waals surface area contributed by atoms with Crippen LogP contribution in [0.25, 0.3) is 11.4 Å². The summed E-state index contributed by atoms with van der Waals surface area (Å²) in [6.45, 7) is 1.99. The summed E-state index contributed by atoms with van der Waals surface area (Å²) in [7, 11) is 0. The Morgan fingerprint density at radius 3 is 2.90 bits per heavy atom. The fraction of sp³-hybridized carbons (Fsp3) is 0.231. The maximum Gasteiger partial charge on any atom is 0.237 e. The van der Waals surface area contributed by atoms with Crippen LogP contribution in [0.2, 0.25) is 0 Å². The number of benzene rings is 1. The molecule has 6 nitrogen and oxygen atoms in total. The first kappa shape index (κ1) is 14.3. The van der Waals surface area contributed by atoms with E-state index in [1.807, 2.05) is 31.2 Å². The molecular weight excluding hydrogens is 354 g/mol. The zero-order chi connectivity index (χ0) is 14.7. The molecule has 0 spiro atoms. The van der Waals surface area contributed by atoms with Gasteiger partial charge in [-0.05, 0) is 6.07 Å². The van der Waals surface area contributed by atoms with E-state index >= 15 is 0 Å². The van der Waals surface area contributed by atoms with E-state index in [2.05, 4.69) is 41.3 Å². The third-order valence-corrected chi connectivity index (χ3v) is 4.27. The normalized spacial score (nSPS) is 11.0. The molecule has 0 unspecified atom stereocenters. The van der Waals surface area contributed by atoms with Crippen LogP contribution in [0.15, 0.2) is 38.4 Å². The Morgan fingerprint density at radius 2 is 2.14 bits per heavy atom. The van der Waals surface area contributed by atoms with Gasteiger partial charge < -0.3 is 4.52 Å². The van der Waals surface area contributed by atoms with E-state index in [-0.39, 0.29) is 0 Å². The molecule has 0 aliphatic heterocycles. The van der Waals surface area contributed by atoms with Crippen molar-refractivity contribution in [1.82, 2.24) is 25.3 Å². The lowest BCUT2D eigenvalue weighted by atomic mass is 10.2. The lowest BCUT2D eigenvalue weighted by Crippen LogP contribution is -1.85. The van der Waals surface area contributed by atoms with E-state index in [9.17, 15) is 0 Å². The number of rotatable bonds is 5. The largest absolute Gasteiger partial charge is 0.338 e. The summed E-state index contributed by atoms with van der Waals surface area (Å²) >= 11 is 4.95. The molecule has 3 aromatic rings. The van der Waals surface area contributed by atoms with Crippen LogP contribution < -0.4 is 0 Å². The number of hydrogen-bond donors (Lipinski definition) is 1. The number of aromatic amines is 1. The van der Waals surface area contributed by atoms with Gasteiger partial charge in [0, 0.05) is 16.5 Å². The number of aromatic nitrogens is 5. The van der Waals surface area contributed by atoms with Crippen LogP contribution in [0.1, 0.15) is 18.6 Å². The summed E-state index contributed by atoms with van der Waals surface area (Å²) in [5.74, 6) is 2.59. The number of nitrogens with one attached hydrogen (secondary N) is 1. The van der Waals surface area contributed by atoms with Crippen molar-refractivity contribution in [2.45, 2.75) is 24.3 Å². The van der Waals surface area contributed by atoms with Crippen molar-refractivity contribution in [3.63, 3.8) is 0 Å². The maximum absolute atomic E-state index is 5.13. The van der Waals surface area contributed by atoms with E-state index < -0.39 is 0 Å². The number of halogens is 1. The smallest absolute Gasteiger partial charge is 0.237 e. The molecule has 8 heteroatoms. The summed E-state index contributed by atoms with van der Waals surface area (Å²) in [6, 6.07) is 7.86. The molecule has 2 aromatic heterocycles. The average molecular weight is 366 g/mol. The van der Waals surface area contributed by atoms with E-state index in [4.69, 9.17) is 4.52 Å². The predicted octanol–water partition coefficient (Wildman–Crippen LogP) is 3.47. The second kappa shape index (κ2) is 6.40. The highest BCUT2D eigenvalue weighted by atomic mass is 79.9. The van der Waals surface area contributed by atoms with E-state index in [0.717, 1.165) is 28.1 Å². The van der Waals surface area contributed by atoms with Crippen molar-refractivity contribution < 1.29 is 4.52 Å². The molecule has 0 bridgehead atoms. The summed E-state index contributed by atoms with van der Waals surface area (Å²) in [6.07, 6.45) is 0.765. The fourth-order valence-corrected chi connectivity index (χ4v) is 2.81. The zero-order valence-electron chi connectivity index (χ0n) is 11.2. The van der Waals surface area contributed by atoms with Gasteiger partial charge in [0.1, 0.15) is 0 Å². The van der Waals surface area contributed by atoms with Gasteiger partial charge in [-0.25, -0.2) is 4.98 Å². The molecule has 21 heavy (non-hydrogen) atoms. The lowest BCUT2D eigenvalue weighted by molar-refractivity contribution is 0.385. The minimum atomic E-state index is 0.556. The van der Waals surface area contributed by atoms with E-state index in [1.165, 1.54) is 11.8 Å². The second-order valence-electron chi connectivity index (χ2n) is 4.19. The highest BCUT2D eigenvalue weighted by Gasteiger charge is 2.11. The van der Waals surface area contributed by atoms with Crippen molar-refractivity contribution in [2.75, 3.05) is 0 Å². The molecule has 0 amide bonds. The number of aryl methyl sites for hydroxylation is 1. The van der Waals surface area contributed by atoms with Gasteiger partial charge in [-0.3, -0.25) is 5.10 Å². The molecular formula is C13H12BrN5OS. The Hall–Kier alpha value is -1.67. The van der Waals surface area contributed by atoms with Crippen molar-refractivity contribution in [1.29, 1.82) is 0 Å². The van der Waals surface area contributed by atoms with Crippen LogP contribution >= 0.6 is 27.7 Å². The van der Waals surface area contributed by atoms with Crippen molar-refractivity contribution in [3.05, 3.63) is 40.5 Å². The van der Waals surface area contributed by atoms with Gasteiger partial charge in [0.2, 0.25) is 11.0 Å². The average Bonchev–Trinajstić information content (AvgIpc) is 3.14. The molecule has 0 radical (unpaired) electrons. The van der Waals surface area contributed by atoms with Crippen molar-refractivity contribution in [2.24, 2.45) is 0 Å². The Balaban J connectivity index is 1.69. The number of thioether (sulfide) groups is 1. The van der Waals surface area contributed by atoms with E-state index in [0.29, 0.717) is 16.8 Å². The van der Waals surface area contributed by atoms with Gasteiger partial charge in [0.05, 0.1) is 5.75 Å². The van der Waals surface area contributed by atoms with Crippen LogP contribution in [0.5, 0.6) is 0 Å². The molecule has 2 heterocycles. The summed E-state index contributed by atoms with van der Waals surface area (Å²) in [5, 5.41) is 11.6. The summed E-state index contributed by atoms with van der Waals surface area (Å²) < 4.78 is 6.11. The molecule has 1 aromatic carbocycles. The third kappa shape index (κ3) is 3.33. The van der Waals surface area contributed by atoms with Gasteiger partial charge in [-0.1, -0.05) is 58.0 Å². The molecule has 0 fully saturated rings. The van der Waals surface area contributed by atoms with Crippen molar-refractivity contribution >= 4 is 27.7 Å². The van der Waals surface area contributed by atoms with Gasteiger partial charge in [-0.2, -0.15) is 4.98 Å². The van der Waals surface area contributed by atoms with Gasteiger partial charge >= 0.3 is 0 Å². The van der Waals surface area contributed by atoms with Gasteiger partial charge in [0.25, 0.3) is 0 Å². The van der Waals surface area contributed by atoms with Gasteiger partial charge in [0.15, 0.2) is 11.6 Å². The van der Waals surface area contributed by atoms with Crippen molar-refractivity contribution in [3.8, 4) is 11.4 Å². The predicted molar refractivity (Wildman–Crippen MR) is 82.8 cm³/mol. The highest BCUT2D eigenvalue weighted by molar-refractivity contribution is 9.10. The number of H-pyrrole nitrogens is 1. The lowest BCUT2D eigenvalue weighted by Gasteiger charge is -1.97. The standard InChI is InChI=1S/C13H12BrN5OS/c1-2-10-15-11(20-19-10)7-21-13-16-12(17-18-13)8-5-3-4-6-9(8)14/h3-6H,2,7H2,1H3,(H,16,17,18). The molecule has 0 saturated heterocycles. The highest BCUT2D eigenvalue weighted by Crippen LogP contribution is 2.27. The summed E-state index contributed by atoms with van der Waals surface area (Å²) in [5.41, 5.74) is 0.975. The Labute approximate surface area is 133 Å². The fourth-order valence-electron chi connectivity index (χ4n) is 1.70. The Morgan fingerprint density at radius 1 is 1.29 bits per heavy atom. The molecule has 0 saturated carbocycles. The van der Waals surface area contributed by atoms with Crippen LogP contribution in [0, 0.1) is 0 Å². The van der Waals surface area contributed by atoms with Crippen LogP contribution in [-0.4, -0.2) is 25.3 Å².